The summed E-state index contributed by atoms with van der Waals surface area (Å²) in [5.74, 6) is 1.53. The maximum atomic E-state index is 6.38. The first-order chi connectivity index (χ1) is 10.3. The largest absolute Gasteiger partial charge is 0.496 e. The van der Waals surface area contributed by atoms with E-state index in [-0.39, 0.29) is 0 Å². The third-order valence-corrected chi connectivity index (χ3v) is 4.60. The summed E-state index contributed by atoms with van der Waals surface area (Å²) in [4.78, 5) is 0. The number of methoxy groups -OCH3 is 1. The first-order valence-corrected chi connectivity index (χ1v) is 8.37. The summed E-state index contributed by atoms with van der Waals surface area (Å²) in [5, 5.41) is 4.23. The van der Waals surface area contributed by atoms with Crippen molar-refractivity contribution in [1.29, 1.82) is 0 Å². The third-order valence-electron chi connectivity index (χ3n) is 4.27. The Balaban J connectivity index is 2.30. The molecule has 1 saturated carbocycles. The number of nitrogens with one attached hydrogen (secondary N) is 1. The summed E-state index contributed by atoms with van der Waals surface area (Å²) in [5.41, 5.74) is 2.48. The normalized spacial score (nSPS) is 17.0. The van der Waals surface area contributed by atoms with Crippen LogP contribution in [-0.4, -0.2) is 20.2 Å². The van der Waals surface area contributed by atoms with Gasteiger partial charge in [-0.1, -0.05) is 49.4 Å². The van der Waals surface area contributed by atoms with Gasteiger partial charge in [-0.05, 0) is 43.5 Å². The van der Waals surface area contributed by atoms with Crippen molar-refractivity contribution in [3.8, 4) is 5.75 Å². The lowest BCUT2D eigenvalue weighted by Gasteiger charge is -2.25. The van der Waals surface area contributed by atoms with Crippen molar-refractivity contribution >= 4 is 17.7 Å². The van der Waals surface area contributed by atoms with E-state index in [2.05, 4.69) is 18.3 Å². The van der Waals surface area contributed by atoms with Gasteiger partial charge >= 0.3 is 0 Å². The number of hydrogen-bond acceptors (Lipinski definition) is 2. The number of hydrogen-bond donors (Lipinski definition) is 1. The van der Waals surface area contributed by atoms with Crippen LogP contribution in [0.3, 0.4) is 0 Å². The first kappa shape index (κ1) is 16.4. The van der Waals surface area contributed by atoms with Crippen LogP contribution < -0.4 is 10.1 Å². The lowest BCUT2D eigenvalue weighted by atomic mass is 9.83. The van der Waals surface area contributed by atoms with Gasteiger partial charge in [0.2, 0.25) is 0 Å². The Bertz CT molecular complexity index is 478. The summed E-state index contributed by atoms with van der Waals surface area (Å²) in [6.07, 6.45) is 8.90. The molecule has 0 bridgehead atoms. The number of benzene rings is 1. The maximum Gasteiger partial charge on any atom is 0.127 e. The molecule has 21 heavy (non-hydrogen) atoms. The number of rotatable bonds is 6. The van der Waals surface area contributed by atoms with Crippen LogP contribution in [0.5, 0.6) is 5.75 Å². The number of likely N-dealkylation sites (N-methyl/N-ethyl adjacent to an activating group) is 1. The summed E-state index contributed by atoms with van der Waals surface area (Å²) < 4.78 is 5.47. The zero-order chi connectivity index (χ0) is 15.1. The molecule has 0 spiro atoms. The standard InChI is InChI=1S/C18H26ClNO/c1-3-20-13-15(14-8-5-4-6-9-14)12-16-17(19)10-7-11-18(16)21-2/h7,10-12,14,20H,3-6,8-9,13H2,1-2H3/b15-12-. The van der Waals surface area contributed by atoms with Gasteiger partial charge in [0.25, 0.3) is 0 Å². The Hall–Kier alpha value is -0.990. The van der Waals surface area contributed by atoms with E-state index in [9.17, 15) is 0 Å². The van der Waals surface area contributed by atoms with Crippen LogP contribution in [0.15, 0.2) is 23.8 Å². The Kier molecular flexibility index (Phi) is 6.59. The molecule has 1 N–H and O–H groups in total. The molecule has 0 aliphatic heterocycles. The van der Waals surface area contributed by atoms with Gasteiger partial charge in [0, 0.05) is 12.1 Å². The van der Waals surface area contributed by atoms with Crippen molar-refractivity contribution in [2.24, 2.45) is 5.92 Å². The zero-order valence-corrected chi connectivity index (χ0v) is 13.9. The maximum absolute atomic E-state index is 6.38. The number of ether oxygens (including phenoxy) is 1. The molecule has 0 unspecified atom stereocenters. The smallest absolute Gasteiger partial charge is 0.127 e. The van der Waals surface area contributed by atoms with Crippen molar-refractivity contribution in [2.75, 3.05) is 20.2 Å². The quantitative estimate of drug-likeness (QED) is 0.805. The molecule has 2 rings (SSSR count). The van der Waals surface area contributed by atoms with Crippen LogP contribution in [0, 0.1) is 5.92 Å². The van der Waals surface area contributed by atoms with Gasteiger partial charge < -0.3 is 10.1 Å². The summed E-state index contributed by atoms with van der Waals surface area (Å²) in [7, 11) is 1.70. The molecular weight excluding hydrogens is 282 g/mol. The third kappa shape index (κ3) is 4.49. The van der Waals surface area contributed by atoms with E-state index in [4.69, 9.17) is 16.3 Å². The van der Waals surface area contributed by atoms with Gasteiger partial charge in [0.05, 0.1) is 12.1 Å². The Morgan fingerprint density at radius 2 is 2.10 bits per heavy atom. The highest BCUT2D eigenvalue weighted by Gasteiger charge is 2.18. The van der Waals surface area contributed by atoms with Gasteiger partial charge in [-0.25, -0.2) is 0 Å². The van der Waals surface area contributed by atoms with Crippen LogP contribution in [0.25, 0.3) is 6.08 Å². The molecule has 1 aliphatic carbocycles. The molecule has 3 heteroatoms. The van der Waals surface area contributed by atoms with Crippen molar-refractivity contribution in [3.05, 3.63) is 34.4 Å². The van der Waals surface area contributed by atoms with E-state index in [0.29, 0.717) is 5.92 Å². The molecule has 0 atom stereocenters. The monoisotopic (exact) mass is 307 g/mol. The SMILES string of the molecule is CCNC/C(=C/c1c(Cl)cccc1OC)C1CCCCC1. The molecule has 0 heterocycles. The molecule has 2 nitrogen and oxygen atoms in total. The van der Waals surface area contributed by atoms with Crippen LogP contribution in [-0.2, 0) is 0 Å². The van der Waals surface area contributed by atoms with E-state index in [1.165, 1.54) is 37.7 Å². The van der Waals surface area contributed by atoms with Crippen molar-refractivity contribution < 1.29 is 4.74 Å². The predicted octanol–water partition coefficient (Wildman–Crippen LogP) is 4.92. The fourth-order valence-electron chi connectivity index (χ4n) is 3.08. The highest BCUT2D eigenvalue weighted by Crippen LogP contribution is 2.34. The fraction of sp³-hybridized carbons (Fsp3) is 0.556. The second-order valence-corrected chi connectivity index (χ2v) is 6.10. The minimum Gasteiger partial charge on any atom is -0.496 e. The molecule has 1 fully saturated rings. The Labute approximate surface area is 133 Å². The van der Waals surface area contributed by atoms with E-state index in [0.717, 1.165) is 29.4 Å². The summed E-state index contributed by atoms with van der Waals surface area (Å²) in [6.45, 7) is 4.08. The zero-order valence-electron chi connectivity index (χ0n) is 13.1. The van der Waals surface area contributed by atoms with Gasteiger partial charge in [0.1, 0.15) is 5.75 Å². The van der Waals surface area contributed by atoms with Gasteiger partial charge in [-0.3, -0.25) is 0 Å². The number of halogens is 1. The van der Waals surface area contributed by atoms with Gasteiger partial charge in [0.15, 0.2) is 0 Å². The summed E-state index contributed by atoms with van der Waals surface area (Å²) in [6, 6.07) is 5.84. The lowest BCUT2D eigenvalue weighted by Crippen LogP contribution is -2.22. The first-order valence-electron chi connectivity index (χ1n) is 8.00. The minimum atomic E-state index is 0.679. The Morgan fingerprint density at radius 1 is 1.33 bits per heavy atom. The van der Waals surface area contributed by atoms with E-state index < -0.39 is 0 Å². The summed E-state index contributed by atoms with van der Waals surface area (Å²) >= 11 is 6.38. The van der Waals surface area contributed by atoms with Crippen molar-refractivity contribution in [3.63, 3.8) is 0 Å². The van der Waals surface area contributed by atoms with E-state index in [1.54, 1.807) is 7.11 Å². The van der Waals surface area contributed by atoms with E-state index in [1.807, 2.05) is 18.2 Å². The van der Waals surface area contributed by atoms with Crippen LogP contribution in [0.2, 0.25) is 5.02 Å². The molecule has 0 radical (unpaired) electrons. The van der Waals surface area contributed by atoms with Crippen LogP contribution >= 0.6 is 11.6 Å². The van der Waals surface area contributed by atoms with Crippen LogP contribution in [0.1, 0.15) is 44.6 Å². The highest BCUT2D eigenvalue weighted by molar-refractivity contribution is 6.32. The Morgan fingerprint density at radius 3 is 2.76 bits per heavy atom. The average molecular weight is 308 g/mol. The van der Waals surface area contributed by atoms with Crippen LogP contribution in [0.4, 0.5) is 0 Å². The fourth-order valence-corrected chi connectivity index (χ4v) is 3.30. The van der Waals surface area contributed by atoms with E-state index >= 15 is 0 Å². The van der Waals surface area contributed by atoms with Crippen molar-refractivity contribution in [1.82, 2.24) is 5.32 Å². The van der Waals surface area contributed by atoms with Gasteiger partial charge in [-0.2, -0.15) is 0 Å². The minimum absolute atomic E-state index is 0.679. The van der Waals surface area contributed by atoms with Crippen molar-refractivity contribution in [2.45, 2.75) is 39.0 Å². The molecular formula is C18H26ClNO. The molecule has 0 aromatic heterocycles. The molecule has 0 amide bonds. The average Bonchev–Trinajstić information content (AvgIpc) is 2.53. The highest BCUT2D eigenvalue weighted by atomic mass is 35.5. The van der Waals surface area contributed by atoms with Gasteiger partial charge in [-0.15, -0.1) is 0 Å². The molecule has 0 saturated heterocycles. The molecule has 116 valence electrons. The second kappa shape index (κ2) is 8.45. The molecule has 1 aromatic carbocycles. The molecule has 1 aromatic rings. The predicted molar refractivity (Wildman–Crippen MR) is 91.1 cm³/mol. The lowest BCUT2D eigenvalue weighted by molar-refractivity contribution is 0.396. The second-order valence-electron chi connectivity index (χ2n) is 5.69. The molecule has 1 aliphatic rings. The topological polar surface area (TPSA) is 21.3 Å².